The molecule has 1 heterocycles. The van der Waals surface area contributed by atoms with Crippen LogP contribution >= 0.6 is 0 Å². The molecule has 1 N–H and O–H groups in total. The normalized spacial score (nSPS) is 11.7. The molecule has 1 amide bonds. The number of sulfonamides is 1. The topological polar surface area (TPSA) is 98.1 Å². The first-order valence-corrected chi connectivity index (χ1v) is 11.3. The fraction of sp³-hybridized carbons (Fsp3) is 0.318. The van der Waals surface area contributed by atoms with Gasteiger partial charge in [-0.3, -0.25) is 4.79 Å². The van der Waals surface area contributed by atoms with E-state index in [1.54, 1.807) is 58.2 Å². The summed E-state index contributed by atoms with van der Waals surface area (Å²) in [5, 5.41) is 3.34. The smallest absolute Gasteiger partial charge is 0.291 e. The molecular weight excluding hydrogens is 420 g/mol. The molecule has 0 bridgehead atoms. The summed E-state index contributed by atoms with van der Waals surface area (Å²) in [7, 11) is -0.586. The van der Waals surface area contributed by atoms with Crippen LogP contribution in [-0.4, -0.2) is 45.9 Å². The number of anilines is 1. The van der Waals surface area contributed by atoms with E-state index in [0.29, 0.717) is 46.8 Å². The van der Waals surface area contributed by atoms with Crippen molar-refractivity contribution >= 4 is 32.6 Å². The molecule has 9 heteroatoms. The lowest BCUT2D eigenvalue weighted by Gasteiger charge is -2.18. The molecule has 8 nitrogen and oxygen atoms in total. The average molecular weight is 447 g/mol. The van der Waals surface area contributed by atoms with Crippen molar-refractivity contribution in [3.8, 4) is 11.5 Å². The molecule has 0 fully saturated rings. The van der Waals surface area contributed by atoms with Crippen molar-refractivity contribution in [2.75, 3.05) is 32.6 Å². The summed E-state index contributed by atoms with van der Waals surface area (Å²) in [6.07, 6.45) is 0. The van der Waals surface area contributed by atoms with Crippen molar-refractivity contribution in [1.29, 1.82) is 0 Å². The summed E-state index contributed by atoms with van der Waals surface area (Å²) < 4.78 is 43.3. The number of carbonyl (C=O) groups excluding carboxylic acids is 1. The van der Waals surface area contributed by atoms with Crippen LogP contribution in [-0.2, 0) is 10.0 Å². The van der Waals surface area contributed by atoms with Crippen molar-refractivity contribution in [1.82, 2.24) is 4.31 Å². The van der Waals surface area contributed by atoms with E-state index >= 15 is 0 Å². The second-order valence-corrected chi connectivity index (χ2v) is 8.76. The zero-order valence-corrected chi connectivity index (χ0v) is 19.0. The van der Waals surface area contributed by atoms with Crippen molar-refractivity contribution in [3.63, 3.8) is 0 Å². The summed E-state index contributed by atoms with van der Waals surface area (Å²) in [6.45, 7) is 6.05. The Morgan fingerprint density at radius 3 is 2.39 bits per heavy atom. The highest BCUT2D eigenvalue weighted by molar-refractivity contribution is 7.89. The van der Waals surface area contributed by atoms with Gasteiger partial charge in [-0.05, 0) is 37.3 Å². The van der Waals surface area contributed by atoms with Crippen molar-refractivity contribution in [2.45, 2.75) is 25.7 Å². The first-order chi connectivity index (χ1) is 14.8. The molecule has 0 spiro atoms. The number of ether oxygens (including phenoxy) is 2. The highest BCUT2D eigenvalue weighted by Gasteiger charge is 2.25. The maximum absolute atomic E-state index is 12.9. The molecular formula is C22H26N2O6S. The zero-order valence-electron chi connectivity index (χ0n) is 18.2. The number of hydrogen-bond acceptors (Lipinski definition) is 6. The summed E-state index contributed by atoms with van der Waals surface area (Å²) >= 11 is 0. The van der Waals surface area contributed by atoms with Crippen LogP contribution in [0.2, 0.25) is 0 Å². The number of hydrogen-bond donors (Lipinski definition) is 1. The molecule has 0 saturated carbocycles. The van der Waals surface area contributed by atoms with Gasteiger partial charge < -0.3 is 19.2 Å². The third kappa shape index (κ3) is 4.24. The van der Waals surface area contributed by atoms with Crippen LogP contribution in [0.3, 0.4) is 0 Å². The number of furan rings is 1. The molecule has 3 aromatic rings. The van der Waals surface area contributed by atoms with Crippen LogP contribution in [0.25, 0.3) is 11.0 Å². The minimum absolute atomic E-state index is 0.102. The minimum atomic E-state index is -3.62. The van der Waals surface area contributed by atoms with E-state index in [1.165, 1.54) is 17.5 Å². The maximum atomic E-state index is 12.9. The average Bonchev–Trinajstić information content (AvgIpc) is 3.10. The lowest BCUT2D eigenvalue weighted by atomic mass is 10.1. The maximum Gasteiger partial charge on any atom is 0.291 e. The van der Waals surface area contributed by atoms with Crippen molar-refractivity contribution < 1.29 is 27.1 Å². The fourth-order valence-electron chi connectivity index (χ4n) is 3.37. The van der Waals surface area contributed by atoms with Gasteiger partial charge in [0.15, 0.2) is 5.76 Å². The van der Waals surface area contributed by atoms with Crippen LogP contribution in [0.1, 0.15) is 30.0 Å². The SMILES string of the molecule is CCN(CC)S(=O)(=O)c1ccc2oc(C(=O)Nc3ccc(OC)cc3OC)c(C)c2c1. The molecule has 0 aliphatic rings. The second-order valence-electron chi connectivity index (χ2n) is 6.82. The number of aryl methyl sites for hydroxylation is 1. The van der Waals surface area contributed by atoms with Gasteiger partial charge in [-0.1, -0.05) is 13.8 Å². The summed E-state index contributed by atoms with van der Waals surface area (Å²) in [5.74, 6) is 0.668. The molecule has 1 aromatic heterocycles. The van der Waals surface area contributed by atoms with Crippen LogP contribution in [0.4, 0.5) is 5.69 Å². The lowest BCUT2D eigenvalue weighted by molar-refractivity contribution is 0.0997. The van der Waals surface area contributed by atoms with E-state index < -0.39 is 15.9 Å². The number of fused-ring (bicyclic) bond motifs is 1. The van der Waals surface area contributed by atoms with Crippen LogP contribution in [0, 0.1) is 6.92 Å². The van der Waals surface area contributed by atoms with E-state index in [0.717, 1.165) is 0 Å². The Labute approximate surface area is 181 Å². The highest BCUT2D eigenvalue weighted by Crippen LogP contribution is 2.32. The Balaban J connectivity index is 1.97. The van der Waals surface area contributed by atoms with Crippen molar-refractivity contribution in [2.24, 2.45) is 0 Å². The first kappa shape index (κ1) is 22.6. The Kier molecular flexibility index (Phi) is 6.56. The van der Waals surface area contributed by atoms with Gasteiger partial charge in [0.05, 0.1) is 24.8 Å². The summed E-state index contributed by atoms with van der Waals surface area (Å²) in [4.78, 5) is 13.1. The second kappa shape index (κ2) is 8.99. The third-order valence-electron chi connectivity index (χ3n) is 5.11. The number of benzene rings is 2. The van der Waals surface area contributed by atoms with E-state index in [1.807, 2.05) is 0 Å². The third-order valence-corrected chi connectivity index (χ3v) is 7.16. The standard InChI is InChI=1S/C22H26N2O6S/c1-6-24(7-2)31(26,27)16-9-11-19-17(13-16)14(3)21(30-19)22(25)23-18-10-8-15(28-4)12-20(18)29-5/h8-13H,6-7H2,1-5H3,(H,23,25). The number of carbonyl (C=O) groups is 1. The predicted octanol–water partition coefficient (Wildman–Crippen LogP) is 4.04. The van der Waals surface area contributed by atoms with Crippen LogP contribution < -0.4 is 14.8 Å². The molecule has 2 aromatic carbocycles. The van der Waals surface area contributed by atoms with E-state index in [9.17, 15) is 13.2 Å². The zero-order chi connectivity index (χ0) is 22.8. The molecule has 0 aliphatic carbocycles. The minimum Gasteiger partial charge on any atom is -0.497 e. The van der Waals surface area contributed by atoms with Gasteiger partial charge in [-0.2, -0.15) is 4.31 Å². The van der Waals surface area contributed by atoms with Gasteiger partial charge in [0.25, 0.3) is 5.91 Å². The number of nitrogens with zero attached hydrogens (tertiary/aromatic N) is 1. The number of methoxy groups -OCH3 is 2. The molecule has 3 rings (SSSR count). The molecule has 0 unspecified atom stereocenters. The van der Waals surface area contributed by atoms with Gasteiger partial charge in [0.2, 0.25) is 10.0 Å². The van der Waals surface area contributed by atoms with E-state index in [2.05, 4.69) is 5.32 Å². The molecule has 31 heavy (non-hydrogen) atoms. The number of nitrogens with one attached hydrogen (secondary N) is 1. The van der Waals surface area contributed by atoms with Crippen LogP contribution in [0.15, 0.2) is 45.7 Å². The Hall–Kier alpha value is -3.04. The Bertz CT molecular complexity index is 1210. The van der Waals surface area contributed by atoms with Gasteiger partial charge in [-0.15, -0.1) is 0 Å². The largest absolute Gasteiger partial charge is 0.497 e. The molecule has 0 radical (unpaired) electrons. The highest BCUT2D eigenvalue weighted by atomic mass is 32.2. The van der Waals surface area contributed by atoms with Gasteiger partial charge in [0.1, 0.15) is 17.1 Å². The van der Waals surface area contributed by atoms with Crippen molar-refractivity contribution in [3.05, 3.63) is 47.7 Å². The van der Waals surface area contributed by atoms with Gasteiger partial charge >= 0.3 is 0 Å². The molecule has 166 valence electrons. The Morgan fingerprint density at radius 1 is 1.06 bits per heavy atom. The monoisotopic (exact) mass is 446 g/mol. The summed E-state index contributed by atoms with van der Waals surface area (Å²) in [6, 6.07) is 9.64. The molecule has 0 atom stereocenters. The number of amides is 1. The lowest BCUT2D eigenvalue weighted by Crippen LogP contribution is -2.30. The predicted molar refractivity (Wildman–Crippen MR) is 119 cm³/mol. The molecule has 0 saturated heterocycles. The van der Waals surface area contributed by atoms with E-state index in [-0.39, 0.29) is 10.7 Å². The van der Waals surface area contributed by atoms with Gasteiger partial charge in [-0.25, -0.2) is 8.42 Å². The molecule has 0 aliphatic heterocycles. The van der Waals surface area contributed by atoms with Crippen LogP contribution in [0.5, 0.6) is 11.5 Å². The van der Waals surface area contributed by atoms with E-state index in [4.69, 9.17) is 13.9 Å². The quantitative estimate of drug-likeness (QED) is 0.561. The van der Waals surface area contributed by atoms with Gasteiger partial charge in [0, 0.05) is 30.1 Å². The first-order valence-electron chi connectivity index (χ1n) is 9.83. The number of rotatable bonds is 8. The fourth-order valence-corrected chi connectivity index (χ4v) is 4.86. The summed E-state index contributed by atoms with van der Waals surface area (Å²) in [5.41, 5.74) is 1.44. The Morgan fingerprint density at radius 2 is 1.77 bits per heavy atom.